The molecule has 0 aliphatic heterocycles. The molecule has 0 amide bonds. The van der Waals surface area contributed by atoms with Crippen LogP contribution >= 0.6 is 23.1 Å². The standard InChI is InChI=1S/C23H15N3O3S2/c24-11-16-19(25)22(31-23(16)30-12-18(28)13-5-2-1-3-6-13)21(29)15-8-9-17(27)20-14(15)7-4-10-26-20/h1-10,27H,12,25H2. The van der Waals surface area contributed by atoms with Crippen molar-refractivity contribution >= 4 is 51.3 Å². The van der Waals surface area contributed by atoms with Crippen LogP contribution in [0.5, 0.6) is 5.75 Å². The zero-order chi connectivity index (χ0) is 22.0. The van der Waals surface area contributed by atoms with Gasteiger partial charge in [0, 0.05) is 22.7 Å². The first-order valence-corrected chi connectivity index (χ1v) is 11.0. The lowest BCUT2D eigenvalue weighted by atomic mass is 10.0. The van der Waals surface area contributed by atoms with Gasteiger partial charge >= 0.3 is 0 Å². The van der Waals surface area contributed by atoms with E-state index in [9.17, 15) is 20.0 Å². The van der Waals surface area contributed by atoms with Crippen molar-refractivity contribution in [2.45, 2.75) is 4.21 Å². The summed E-state index contributed by atoms with van der Waals surface area (Å²) in [6.07, 6.45) is 1.53. The van der Waals surface area contributed by atoms with Gasteiger partial charge in [-0.2, -0.15) is 5.26 Å². The SMILES string of the molecule is N#Cc1c(SCC(=O)c2ccccc2)sc(C(=O)c2ccc(O)c3ncccc23)c1N. The zero-order valence-corrected chi connectivity index (χ0v) is 17.7. The van der Waals surface area contributed by atoms with E-state index >= 15 is 0 Å². The van der Waals surface area contributed by atoms with E-state index in [2.05, 4.69) is 4.98 Å². The number of Topliss-reactive ketones (excluding diaryl/α,β-unsaturated/α-hetero) is 1. The largest absolute Gasteiger partial charge is 0.506 e. The van der Waals surface area contributed by atoms with Gasteiger partial charge in [0.05, 0.1) is 15.6 Å². The number of nitrogens with two attached hydrogens (primary N) is 1. The number of phenolic OH excluding ortho intramolecular Hbond substituents is 1. The Bertz CT molecular complexity index is 1360. The van der Waals surface area contributed by atoms with Crippen molar-refractivity contribution in [3.8, 4) is 11.8 Å². The number of nitrogens with zero attached hydrogens (tertiary/aromatic N) is 2. The number of thiophene rings is 1. The Morgan fingerprint density at radius 2 is 1.90 bits per heavy atom. The molecule has 31 heavy (non-hydrogen) atoms. The molecule has 0 unspecified atom stereocenters. The third kappa shape index (κ3) is 3.89. The van der Waals surface area contributed by atoms with E-state index in [1.807, 2.05) is 12.1 Å². The number of nitriles is 1. The Morgan fingerprint density at radius 1 is 1.13 bits per heavy atom. The number of nitrogen functional groups attached to an aromatic ring is 1. The molecule has 2 heterocycles. The smallest absolute Gasteiger partial charge is 0.205 e. The quantitative estimate of drug-likeness (QED) is 0.327. The van der Waals surface area contributed by atoms with Crippen molar-refractivity contribution in [2.24, 2.45) is 0 Å². The number of phenols is 1. The van der Waals surface area contributed by atoms with Crippen molar-refractivity contribution < 1.29 is 14.7 Å². The van der Waals surface area contributed by atoms with Crippen LogP contribution in [0.1, 0.15) is 31.2 Å². The molecule has 0 bridgehead atoms. The molecular formula is C23H15N3O3S2. The highest BCUT2D eigenvalue weighted by atomic mass is 32.2. The molecule has 2 aromatic carbocycles. The van der Waals surface area contributed by atoms with Gasteiger partial charge in [-0.3, -0.25) is 14.6 Å². The van der Waals surface area contributed by atoms with E-state index in [0.29, 0.717) is 26.2 Å². The summed E-state index contributed by atoms with van der Waals surface area (Å²) < 4.78 is 0.522. The van der Waals surface area contributed by atoms with Crippen LogP contribution in [-0.2, 0) is 0 Å². The Balaban J connectivity index is 1.67. The number of aromatic nitrogens is 1. The van der Waals surface area contributed by atoms with Crippen LogP contribution in [0.25, 0.3) is 10.9 Å². The van der Waals surface area contributed by atoms with Gasteiger partial charge in [-0.15, -0.1) is 23.1 Å². The summed E-state index contributed by atoms with van der Waals surface area (Å²) in [5.41, 5.74) is 7.66. The Kier molecular flexibility index (Phi) is 5.71. The number of pyridine rings is 1. The topological polar surface area (TPSA) is 117 Å². The fraction of sp³-hybridized carbons (Fsp3) is 0.0435. The van der Waals surface area contributed by atoms with E-state index in [-0.39, 0.29) is 39.2 Å². The number of carbonyl (C=O) groups excluding carboxylic acids is 2. The number of benzene rings is 2. The molecular weight excluding hydrogens is 430 g/mol. The normalized spacial score (nSPS) is 10.7. The van der Waals surface area contributed by atoms with E-state index in [4.69, 9.17) is 5.73 Å². The van der Waals surface area contributed by atoms with Crippen LogP contribution in [0, 0.1) is 11.3 Å². The second-order valence-electron chi connectivity index (χ2n) is 6.56. The second kappa shape index (κ2) is 8.60. The lowest BCUT2D eigenvalue weighted by Crippen LogP contribution is -2.04. The van der Waals surface area contributed by atoms with Gasteiger partial charge in [-0.1, -0.05) is 36.4 Å². The Morgan fingerprint density at radius 3 is 2.65 bits per heavy atom. The van der Waals surface area contributed by atoms with Crippen LogP contribution in [0.2, 0.25) is 0 Å². The highest BCUT2D eigenvalue weighted by molar-refractivity contribution is 8.01. The molecule has 0 atom stereocenters. The highest BCUT2D eigenvalue weighted by Crippen LogP contribution is 2.40. The summed E-state index contributed by atoms with van der Waals surface area (Å²) in [6.45, 7) is 0. The average Bonchev–Trinajstić information content (AvgIpc) is 3.13. The Hall–Kier alpha value is -3.67. The van der Waals surface area contributed by atoms with E-state index < -0.39 is 0 Å². The fourth-order valence-corrected chi connectivity index (χ4v) is 5.36. The number of thioether (sulfide) groups is 1. The molecule has 2 aromatic heterocycles. The van der Waals surface area contributed by atoms with Crippen molar-refractivity contribution in [1.82, 2.24) is 4.98 Å². The molecule has 0 saturated heterocycles. The van der Waals surface area contributed by atoms with E-state index in [0.717, 1.165) is 11.3 Å². The van der Waals surface area contributed by atoms with Gasteiger partial charge in [-0.25, -0.2) is 0 Å². The Labute approximate surface area is 186 Å². The first-order chi connectivity index (χ1) is 15.0. The number of aromatic hydroxyl groups is 1. The number of hydrogen-bond acceptors (Lipinski definition) is 8. The van der Waals surface area contributed by atoms with Crippen molar-refractivity contribution in [1.29, 1.82) is 5.26 Å². The minimum Gasteiger partial charge on any atom is -0.506 e. The second-order valence-corrected chi connectivity index (χ2v) is 8.82. The third-order valence-electron chi connectivity index (χ3n) is 4.65. The number of anilines is 1. The predicted octanol–water partition coefficient (Wildman–Crippen LogP) is 4.66. The molecule has 0 radical (unpaired) electrons. The van der Waals surface area contributed by atoms with Crippen LogP contribution in [0.15, 0.2) is 65.0 Å². The van der Waals surface area contributed by atoms with Gasteiger partial charge in [0.25, 0.3) is 0 Å². The summed E-state index contributed by atoms with van der Waals surface area (Å²) in [4.78, 5) is 30.0. The minimum absolute atomic E-state index is 0.0281. The van der Waals surface area contributed by atoms with Crippen LogP contribution in [0.4, 0.5) is 5.69 Å². The molecule has 8 heteroatoms. The molecule has 3 N–H and O–H groups in total. The van der Waals surface area contributed by atoms with Gasteiger partial charge in [0.2, 0.25) is 5.78 Å². The molecule has 4 aromatic rings. The lowest BCUT2D eigenvalue weighted by Gasteiger charge is -2.06. The van der Waals surface area contributed by atoms with E-state index in [1.54, 1.807) is 36.4 Å². The molecule has 0 fully saturated rings. The minimum atomic E-state index is -0.363. The highest BCUT2D eigenvalue weighted by Gasteiger charge is 2.24. The molecule has 152 valence electrons. The van der Waals surface area contributed by atoms with Crippen molar-refractivity contribution in [3.05, 3.63) is 82.4 Å². The number of ketones is 2. The first kappa shape index (κ1) is 20.6. The maximum Gasteiger partial charge on any atom is 0.205 e. The molecule has 0 aliphatic rings. The average molecular weight is 446 g/mol. The number of fused-ring (bicyclic) bond motifs is 1. The van der Waals surface area contributed by atoms with Gasteiger partial charge < -0.3 is 10.8 Å². The fourth-order valence-electron chi connectivity index (χ4n) is 3.11. The summed E-state index contributed by atoms with van der Waals surface area (Å²) in [6, 6.07) is 17.2. The number of carbonyl (C=O) groups is 2. The molecule has 0 aliphatic carbocycles. The van der Waals surface area contributed by atoms with Crippen LogP contribution in [0.3, 0.4) is 0 Å². The molecule has 0 spiro atoms. The maximum absolute atomic E-state index is 13.3. The van der Waals surface area contributed by atoms with Gasteiger partial charge in [0.15, 0.2) is 5.78 Å². The molecule has 0 saturated carbocycles. The summed E-state index contributed by atoms with van der Waals surface area (Å²) in [5, 5.41) is 20.1. The first-order valence-electron chi connectivity index (χ1n) is 9.16. The summed E-state index contributed by atoms with van der Waals surface area (Å²) in [7, 11) is 0. The number of hydrogen-bond donors (Lipinski definition) is 2. The zero-order valence-electron chi connectivity index (χ0n) is 16.0. The van der Waals surface area contributed by atoms with Gasteiger partial charge in [-0.05, 0) is 18.2 Å². The lowest BCUT2D eigenvalue weighted by molar-refractivity contribution is 0.102. The summed E-state index contributed by atoms with van der Waals surface area (Å²) >= 11 is 2.28. The monoisotopic (exact) mass is 445 g/mol. The predicted molar refractivity (Wildman–Crippen MR) is 122 cm³/mol. The van der Waals surface area contributed by atoms with Crippen molar-refractivity contribution in [2.75, 3.05) is 11.5 Å². The van der Waals surface area contributed by atoms with E-state index in [1.165, 1.54) is 30.1 Å². The maximum atomic E-state index is 13.3. The summed E-state index contributed by atoms with van der Waals surface area (Å²) in [5.74, 6) is -0.346. The third-order valence-corrected chi connectivity index (χ3v) is 7.13. The van der Waals surface area contributed by atoms with Crippen LogP contribution in [-0.4, -0.2) is 27.4 Å². The van der Waals surface area contributed by atoms with Crippen LogP contribution < -0.4 is 5.73 Å². The molecule has 4 rings (SSSR count). The van der Waals surface area contributed by atoms with Gasteiger partial charge in [0.1, 0.15) is 27.8 Å². The number of rotatable bonds is 6. The van der Waals surface area contributed by atoms with Crippen molar-refractivity contribution in [3.63, 3.8) is 0 Å². The molecule has 6 nitrogen and oxygen atoms in total.